The van der Waals surface area contributed by atoms with Gasteiger partial charge in [0.1, 0.15) is 17.5 Å². The maximum Gasteiger partial charge on any atom is 0.253 e. The van der Waals surface area contributed by atoms with Crippen molar-refractivity contribution in [1.29, 1.82) is 0 Å². The van der Waals surface area contributed by atoms with Gasteiger partial charge < -0.3 is 20.1 Å². The Morgan fingerprint density at radius 2 is 1.89 bits per heavy atom. The minimum absolute atomic E-state index is 0.307. The molecule has 0 heterocycles. The van der Waals surface area contributed by atoms with Gasteiger partial charge in [-0.2, -0.15) is 11.8 Å². The highest BCUT2D eigenvalue weighted by molar-refractivity contribution is 9.10. The summed E-state index contributed by atoms with van der Waals surface area (Å²) in [5, 5.41) is 5.67. The van der Waals surface area contributed by atoms with Gasteiger partial charge in [-0.3, -0.25) is 9.59 Å². The Balaban J connectivity index is 2.17. The number of hydrogen-bond donors (Lipinski definition) is 2. The molecule has 28 heavy (non-hydrogen) atoms. The monoisotopic (exact) mass is 466 g/mol. The summed E-state index contributed by atoms with van der Waals surface area (Å²) in [7, 11) is 3.08. The smallest absolute Gasteiger partial charge is 0.253 e. The Labute approximate surface area is 177 Å². The molecule has 2 aromatic carbocycles. The van der Waals surface area contributed by atoms with E-state index in [2.05, 4.69) is 26.6 Å². The van der Waals surface area contributed by atoms with E-state index in [1.165, 1.54) is 7.11 Å². The lowest BCUT2D eigenvalue weighted by atomic mass is 10.1. The molecule has 8 heteroatoms. The summed E-state index contributed by atoms with van der Waals surface area (Å²) in [5.41, 5.74) is 0.990. The average molecular weight is 467 g/mol. The molecule has 0 aromatic heterocycles. The maximum absolute atomic E-state index is 12.9. The summed E-state index contributed by atoms with van der Waals surface area (Å²) in [4.78, 5) is 25.5. The maximum atomic E-state index is 12.9. The van der Waals surface area contributed by atoms with Crippen LogP contribution in [-0.2, 0) is 4.79 Å². The van der Waals surface area contributed by atoms with Gasteiger partial charge in [-0.05, 0) is 58.6 Å². The van der Waals surface area contributed by atoms with Crippen molar-refractivity contribution in [3.05, 3.63) is 52.5 Å². The SMILES string of the molecule is COc1ccc(NC(=O)C(CCSC)NC(=O)c2ccccc2Br)c(OC)c1. The Hall–Kier alpha value is -2.19. The second-order valence-corrected chi connectivity index (χ2v) is 7.68. The second-order valence-electron chi connectivity index (χ2n) is 5.84. The second kappa shape index (κ2) is 11.0. The largest absolute Gasteiger partial charge is 0.497 e. The van der Waals surface area contributed by atoms with Crippen LogP contribution in [0.1, 0.15) is 16.8 Å². The van der Waals surface area contributed by atoms with Crippen LogP contribution in [0, 0.1) is 0 Å². The molecule has 0 aliphatic heterocycles. The highest BCUT2D eigenvalue weighted by Gasteiger charge is 2.23. The fourth-order valence-electron chi connectivity index (χ4n) is 2.51. The first-order chi connectivity index (χ1) is 13.5. The molecular weight excluding hydrogens is 444 g/mol. The minimum Gasteiger partial charge on any atom is -0.497 e. The van der Waals surface area contributed by atoms with Crippen LogP contribution in [-0.4, -0.2) is 44.1 Å². The Morgan fingerprint density at radius 3 is 2.54 bits per heavy atom. The highest BCUT2D eigenvalue weighted by atomic mass is 79.9. The number of methoxy groups -OCH3 is 2. The number of carbonyl (C=O) groups is 2. The number of anilines is 1. The standard InChI is InChI=1S/C20H23BrN2O4S/c1-26-13-8-9-16(18(12-13)27-2)22-20(25)17(10-11-28-3)23-19(24)14-6-4-5-7-15(14)21/h4-9,12,17H,10-11H2,1-3H3,(H,22,25)(H,23,24). The van der Waals surface area contributed by atoms with Gasteiger partial charge in [0.05, 0.1) is 25.5 Å². The molecule has 1 unspecified atom stereocenters. The van der Waals surface area contributed by atoms with Gasteiger partial charge in [-0.1, -0.05) is 12.1 Å². The summed E-state index contributed by atoms with van der Waals surface area (Å²) in [6, 6.07) is 11.5. The Morgan fingerprint density at radius 1 is 1.14 bits per heavy atom. The fourth-order valence-corrected chi connectivity index (χ4v) is 3.44. The molecule has 6 nitrogen and oxygen atoms in total. The molecule has 0 spiro atoms. The van der Waals surface area contributed by atoms with Crippen LogP contribution in [0.15, 0.2) is 46.9 Å². The van der Waals surface area contributed by atoms with Gasteiger partial charge >= 0.3 is 0 Å². The fraction of sp³-hybridized carbons (Fsp3) is 0.300. The molecule has 2 N–H and O–H groups in total. The van der Waals surface area contributed by atoms with E-state index in [1.807, 2.05) is 12.3 Å². The van der Waals surface area contributed by atoms with E-state index in [0.29, 0.717) is 33.6 Å². The Bertz CT molecular complexity index is 832. The summed E-state index contributed by atoms with van der Waals surface area (Å²) in [6.07, 6.45) is 2.46. The van der Waals surface area contributed by atoms with Gasteiger partial charge in [-0.25, -0.2) is 0 Å². The molecule has 0 fully saturated rings. The summed E-state index contributed by atoms with van der Waals surface area (Å²) >= 11 is 4.98. The van der Waals surface area contributed by atoms with E-state index in [1.54, 1.807) is 55.3 Å². The molecule has 0 aliphatic carbocycles. The third-order valence-corrected chi connectivity index (χ3v) is 5.35. The van der Waals surface area contributed by atoms with Crippen molar-refractivity contribution in [2.45, 2.75) is 12.5 Å². The lowest BCUT2D eigenvalue weighted by molar-refractivity contribution is -0.118. The van der Waals surface area contributed by atoms with Crippen LogP contribution in [0.3, 0.4) is 0 Å². The number of carbonyl (C=O) groups excluding carboxylic acids is 2. The van der Waals surface area contributed by atoms with E-state index in [-0.39, 0.29) is 11.8 Å². The molecule has 0 bridgehead atoms. The van der Waals surface area contributed by atoms with Crippen molar-refractivity contribution >= 4 is 45.2 Å². The van der Waals surface area contributed by atoms with E-state index in [9.17, 15) is 9.59 Å². The van der Waals surface area contributed by atoms with Crippen molar-refractivity contribution < 1.29 is 19.1 Å². The van der Waals surface area contributed by atoms with E-state index in [4.69, 9.17) is 9.47 Å². The van der Waals surface area contributed by atoms with Crippen molar-refractivity contribution in [2.75, 3.05) is 31.5 Å². The molecule has 2 rings (SSSR count). The lowest BCUT2D eigenvalue weighted by Gasteiger charge is -2.19. The van der Waals surface area contributed by atoms with E-state index in [0.717, 1.165) is 5.75 Å². The van der Waals surface area contributed by atoms with Gasteiger partial charge in [0, 0.05) is 10.5 Å². The van der Waals surface area contributed by atoms with Gasteiger partial charge in [0.15, 0.2) is 0 Å². The first-order valence-corrected chi connectivity index (χ1v) is 10.8. The number of halogens is 1. The number of rotatable bonds is 9. The van der Waals surface area contributed by atoms with E-state index >= 15 is 0 Å². The van der Waals surface area contributed by atoms with Crippen LogP contribution in [0.4, 0.5) is 5.69 Å². The van der Waals surface area contributed by atoms with Crippen LogP contribution >= 0.6 is 27.7 Å². The summed E-state index contributed by atoms with van der Waals surface area (Å²) in [5.74, 6) is 1.21. The third-order valence-electron chi connectivity index (χ3n) is 4.02. The van der Waals surface area contributed by atoms with Gasteiger partial charge in [0.25, 0.3) is 5.91 Å². The summed E-state index contributed by atoms with van der Waals surface area (Å²) < 4.78 is 11.2. The predicted molar refractivity (Wildman–Crippen MR) is 117 cm³/mol. The van der Waals surface area contributed by atoms with Gasteiger partial charge in [0.2, 0.25) is 5.91 Å². The highest BCUT2D eigenvalue weighted by Crippen LogP contribution is 2.29. The molecule has 0 aliphatic rings. The zero-order valence-corrected chi connectivity index (χ0v) is 18.4. The number of benzene rings is 2. The van der Waals surface area contributed by atoms with Crippen molar-refractivity contribution in [1.82, 2.24) is 5.32 Å². The quantitative estimate of drug-likeness (QED) is 0.584. The molecule has 0 saturated carbocycles. The first kappa shape index (κ1) is 22.1. The molecule has 0 saturated heterocycles. The van der Waals surface area contributed by atoms with Gasteiger partial charge in [-0.15, -0.1) is 0 Å². The Kier molecular flexibility index (Phi) is 8.66. The van der Waals surface area contributed by atoms with Crippen molar-refractivity contribution in [2.24, 2.45) is 0 Å². The lowest BCUT2D eigenvalue weighted by Crippen LogP contribution is -2.44. The third kappa shape index (κ3) is 5.90. The van der Waals surface area contributed by atoms with Crippen molar-refractivity contribution in [3.8, 4) is 11.5 Å². The van der Waals surface area contributed by atoms with Crippen LogP contribution < -0.4 is 20.1 Å². The number of thioether (sulfide) groups is 1. The average Bonchev–Trinajstić information content (AvgIpc) is 2.71. The first-order valence-electron chi connectivity index (χ1n) is 8.57. The van der Waals surface area contributed by atoms with Crippen LogP contribution in [0.2, 0.25) is 0 Å². The molecule has 2 aromatic rings. The zero-order valence-electron chi connectivity index (χ0n) is 16.0. The van der Waals surface area contributed by atoms with E-state index < -0.39 is 6.04 Å². The summed E-state index contributed by atoms with van der Waals surface area (Å²) in [6.45, 7) is 0. The molecule has 150 valence electrons. The van der Waals surface area contributed by atoms with Crippen molar-refractivity contribution in [3.63, 3.8) is 0 Å². The molecule has 0 radical (unpaired) electrons. The molecule has 1 atom stereocenters. The minimum atomic E-state index is -0.682. The van der Waals surface area contributed by atoms with Crippen LogP contribution in [0.25, 0.3) is 0 Å². The zero-order chi connectivity index (χ0) is 20.5. The topological polar surface area (TPSA) is 76.7 Å². The number of hydrogen-bond acceptors (Lipinski definition) is 5. The normalized spacial score (nSPS) is 11.4. The molecular formula is C20H23BrN2O4S. The number of ether oxygens (including phenoxy) is 2. The van der Waals surface area contributed by atoms with Crippen LogP contribution in [0.5, 0.6) is 11.5 Å². The predicted octanol–water partition coefficient (Wildman–Crippen LogP) is 3.96. The number of amides is 2. The number of nitrogens with one attached hydrogen (secondary N) is 2. The molecule has 2 amide bonds.